The van der Waals surface area contributed by atoms with Crippen LogP contribution in [0.1, 0.15) is 30.0 Å². The van der Waals surface area contributed by atoms with Crippen LogP contribution in [0.25, 0.3) is 0 Å². The zero-order valence-corrected chi connectivity index (χ0v) is 12.4. The molecule has 2 rings (SSSR count). The predicted molar refractivity (Wildman–Crippen MR) is 86.4 cm³/mol. The Morgan fingerprint density at radius 2 is 1.62 bits per heavy atom. The summed E-state index contributed by atoms with van der Waals surface area (Å²) in [5.74, 6) is 0. The highest BCUT2D eigenvalue weighted by Crippen LogP contribution is 2.17. The smallest absolute Gasteiger partial charge is 0.0995 e. The molecule has 0 unspecified atom stereocenters. The van der Waals surface area contributed by atoms with Gasteiger partial charge in [-0.15, -0.1) is 0 Å². The highest BCUT2D eigenvalue weighted by atomic mass is 15.1. The topological polar surface area (TPSA) is 53.0 Å². The van der Waals surface area contributed by atoms with Crippen molar-refractivity contribution in [3.8, 4) is 6.07 Å². The van der Waals surface area contributed by atoms with Gasteiger partial charge in [-0.2, -0.15) is 5.26 Å². The monoisotopic (exact) mass is 279 g/mol. The minimum absolute atomic E-state index is 0.750. The lowest BCUT2D eigenvalue weighted by atomic mass is 10.1. The third-order valence-corrected chi connectivity index (χ3v) is 3.52. The standard InChI is InChI=1S/C18H21N3/c1-2-11-21(14-17-9-5-6-10-18(17)20)13-16-8-4-3-7-15(16)12-19/h3-10H,2,11,13-14,20H2,1H3. The molecule has 0 saturated heterocycles. The fourth-order valence-electron chi connectivity index (χ4n) is 2.46. The van der Waals surface area contributed by atoms with Gasteiger partial charge in [0.2, 0.25) is 0 Å². The normalized spacial score (nSPS) is 10.5. The van der Waals surface area contributed by atoms with Gasteiger partial charge in [0.05, 0.1) is 11.6 Å². The SMILES string of the molecule is CCCN(Cc1ccccc1N)Cc1ccccc1C#N. The summed E-state index contributed by atoms with van der Waals surface area (Å²) in [6, 6.07) is 18.0. The maximum absolute atomic E-state index is 9.21. The zero-order valence-electron chi connectivity index (χ0n) is 12.4. The van der Waals surface area contributed by atoms with E-state index in [1.807, 2.05) is 42.5 Å². The van der Waals surface area contributed by atoms with Crippen molar-refractivity contribution in [3.05, 3.63) is 65.2 Å². The van der Waals surface area contributed by atoms with Gasteiger partial charge in [0.1, 0.15) is 0 Å². The van der Waals surface area contributed by atoms with E-state index in [2.05, 4.69) is 24.0 Å². The van der Waals surface area contributed by atoms with Crippen molar-refractivity contribution in [3.63, 3.8) is 0 Å². The van der Waals surface area contributed by atoms with E-state index in [0.717, 1.165) is 48.4 Å². The van der Waals surface area contributed by atoms with E-state index in [1.54, 1.807) is 0 Å². The quantitative estimate of drug-likeness (QED) is 0.823. The molecule has 2 N–H and O–H groups in total. The Morgan fingerprint density at radius 3 is 2.29 bits per heavy atom. The summed E-state index contributed by atoms with van der Waals surface area (Å²) in [5, 5.41) is 9.21. The summed E-state index contributed by atoms with van der Waals surface area (Å²) in [6.45, 7) is 4.72. The van der Waals surface area contributed by atoms with Crippen molar-refractivity contribution in [2.45, 2.75) is 26.4 Å². The highest BCUT2D eigenvalue weighted by Gasteiger charge is 2.10. The van der Waals surface area contributed by atoms with Gasteiger partial charge in [0.25, 0.3) is 0 Å². The second-order valence-corrected chi connectivity index (χ2v) is 5.18. The highest BCUT2D eigenvalue weighted by molar-refractivity contribution is 5.46. The number of rotatable bonds is 6. The Labute approximate surface area is 126 Å². The Morgan fingerprint density at radius 1 is 1.00 bits per heavy atom. The lowest BCUT2D eigenvalue weighted by Crippen LogP contribution is -2.24. The molecular weight excluding hydrogens is 258 g/mol. The van der Waals surface area contributed by atoms with Gasteiger partial charge in [0, 0.05) is 18.8 Å². The van der Waals surface area contributed by atoms with Crippen LogP contribution in [0.5, 0.6) is 0 Å². The van der Waals surface area contributed by atoms with Gasteiger partial charge >= 0.3 is 0 Å². The Balaban J connectivity index is 2.16. The van der Waals surface area contributed by atoms with Crippen molar-refractivity contribution in [2.24, 2.45) is 0 Å². The minimum Gasteiger partial charge on any atom is -0.398 e. The molecule has 0 radical (unpaired) electrons. The van der Waals surface area contributed by atoms with Crippen molar-refractivity contribution in [1.29, 1.82) is 5.26 Å². The Bertz CT molecular complexity index is 628. The van der Waals surface area contributed by atoms with E-state index < -0.39 is 0 Å². The van der Waals surface area contributed by atoms with Crippen LogP contribution in [0, 0.1) is 11.3 Å². The van der Waals surface area contributed by atoms with Crippen molar-refractivity contribution >= 4 is 5.69 Å². The first kappa shape index (κ1) is 15.1. The van der Waals surface area contributed by atoms with Crippen LogP contribution >= 0.6 is 0 Å². The number of hydrogen-bond acceptors (Lipinski definition) is 3. The van der Waals surface area contributed by atoms with Crippen LogP contribution in [-0.4, -0.2) is 11.4 Å². The fraction of sp³-hybridized carbons (Fsp3) is 0.278. The maximum atomic E-state index is 9.21. The molecule has 0 amide bonds. The van der Waals surface area contributed by atoms with E-state index in [0.29, 0.717) is 0 Å². The number of benzene rings is 2. The molecule has 21 heavy (non-hydrogen) atoms. The van der Waals surface area contributed by atoms with Crippen LogP contribution in [0.4, 0.5) is 5.69 Å². The second-order valence-electron chi connectivity index (χ2n) is 5.18. The lowest BCUT2D eigenvalue weighted by molar-refractivity contribution is 0.257. The first-order valence-corrected chi connectivity index (χ1v) is 7.28. The summed E-state index contributed by atoms with van der Waals surface area (Å²) in [7, 11) is 0. The van der Waals surface area contributed by atoms with E-state index in [9.17, 15) is 5.26 Å². The number of hydrogen-bond donors (Lipinski definition) is 1. The average molecular weight is 279 g/mol. The third-order valence-electron chi connectivity index (χ3n) is 3.52. The molecule has 0 atom stereocenters. The second kappa shape index (κ2) is 7.47. The summed E-state index contributed by atoms with van der Waals surface area (Å²) >= 11 is 0. The van der Waals surface area contributed by atoms with Crippen LogP contribution in [-0.2, 0) is 13.1 Å². The van der Waals surface area contributed by atoms with Gasteiger partial charge in [0.15, 0.2) is 0 Å². The van der Waals surface area contributed by atoms with E-state index in [4.69, 9.17) is 5.73 Å². The molecule has 0 fully saturated rings. The Hall–Kier alpha value is -2.31. The fourth-order valence-corrected chi connectivity index (χ4v) is 2.46. The van der Waals surface area contributed by atoms with Crippen LogP contribution < -0.4 is 5.73 Å². The molecule has 0 aliphatic heterocycles. The van der Waals surface area contributed by atoms with Crippen LogP contribution in [0.15, 0.2) is 48.5 Å². The van der Waals surface area contributed by atoms with Crippen molar-refractivity contribution in [1.82, 2.24) is 4.90 Å². The summed E-state index contributed by atoms with van der Waals surface area (Å²) in [4.78, 5) is 2.34. The molecule has 0 saturated carbocycles. The molecule has 0 aliphatic carbocycles. The molecule has 0 aromatic heterocycles. The largest absolute Gasteiger partial charge is 0.398 e. The van der Waals surface area contributed by atoms with Crippen LogP contribution in [0.2, 0.25) is 0 Å². The molecule has 3 heteroatoms. The molecule has 0 aliphatic rings. The molecule has 108 valence electrons. The van der Waals surface area contributed by atoms with Crippen molar-refractivity contribution < 1.29 is 0 Å². The molecule has 2 aromatic rings. The lowest BCUT2D eigenvalue weighted by Gasteiger charge is -2.23. The van der Waals surface area contributed by atoms with Gasteiger partial charge in [-0.25, -0.2) is 0 Å². The number of anilines is 1. The molecule has 0 spiro atoms. The van der Waals surface area contributed by atoms with E-state index >= 15 is 0 Å². The van der Waals surface area contributed by atoms with Gasteiger partial charge < -0.3 is 5.73 Å². The molecular formula is C18H21N3. The number of para-hydroxylation sites is 1. The number of nitrogen functional groups attached to an aromatic ring is 1. The molecule has 0 bridgehead atoms. The average Bonchev–Trinajstić information content (AvgIpc) is 2.50. The summed E-state index contributed by atoms with van der Waals surface area (Å²) < 4.78 is 0. The molecule has 0 heterocycles. The van der Waals surface area contributed by atoms with E-state index in [-0.39, 0.29) is 0 Å². The van der Waals surface area contributed by atoms with Gasteiger partial charge in [-0.3, -0.25) is 4.90 Å². The number of nitrogens with zero attached hydrogens (tertiary/aromatic N) is 2. The number of nitrogens with two attached hydrogens (primary N) is 1. The van der Waals surface area contributed by atoms with Crippen molar-refractivity contribution in [2.75, 3.05) is 12.3 Å². The van der Waals surface area contributed by atoms with Gasteiger partial charge in [-0.05, 0) is 36.2 Å². The maximum Gasteiger partial charge on any atom is 0.0995 e. The third kappa shape index (κ3) is 4.08. The number of nitriles is 1. The van der Waals surface area contributed by atoms with Gasteiger partial charge in [-0.1, -0.05) is 43.3 Å². The zero-order chi connectivity index (χ0) is 15.1. The minimum atomic E-state index is 0.750. The summed E-state index contributed by atoms with van der Waals surface area (Å²) in [6.07, 6.45) is 1.07. The predicted octanol–water partition coefficient (Wildman–Crippen LogP) is 3.55. The van der Waals surface area contributed by atoms with Crippen LogP contribution in [0.3, 0.4) is 0 Å². The molecule has 2 aromatic carbocycles. The first-order valence-electron chi connectivity index (χ1n) is 7.28. The molecule has 3 nitrogen and oxygen atoms in total. The first-order chi connectivity index (χ1) is 10.2. The summed E-state index contributed by atoms with van der Waals surface area (Å²) in [5.41, 5.74) is 9.82. The Kier molecular flexibility index (Phi) is 5.36. The van der Waals surface area contributed by atoms with E-state index in [1.165, 1.54) is 0 Å².